The third kappa shape index (κ3) is 4.89. The second-order valence-electron chi connectivity index (χ2n) is 6.38. The predicted molar refractivity (Wildman–Crippen MR) is 115 cm³/mol. The molecule has 0 fully saturated rings. The van der Waals surface area contributed by atoms with Crippen LogP contribution in [0.5, 0.6) is 0 Å². The summed E-state index contributed by atoms with van der Waals surface area (Å²) in [5.74, 6) is 0.680. The lowest BCUT2D eigenvalue weighted by molar-refractivity contribution is 0.682. The van der Waals surface area contributed by atoms with Gasteiger partial charge >= 0.3 is 0 Å². The summed E-state index contributed by atoms with van der Waals surface area (Å²) >= 11 is 1.39. The SMILES string of the molecule is CCCCS(=O)CSc1nc(-c2cnn(C)c2)cc(-c2ccccc2)c1C#N. The predicted octanol–water partition coefficient (Wildman–Crippen LogP) is 4.62. The lowest BCUT2D eigenvalue weighted by atomic mass is 10.0. The van der Waals surface area contributed by atoms with Crippen molar-refractivity contribution >= 4 is 22.6 Å². The van der Waals surface area contributed by atoms with Gasteiger partial charge in [-0.1, -0.05) is 55.4 Å². The first kappa shape index (κ1) is 20.3. The number of hydrogen-bond donors (Lipinski definition) is 0. The lowest BCUT2D eigenvalue weighted by Gasteiger charge is -2.11. The highest BCUT2D eigenvalue weighted by molar-refractivity contribution is 8.10. The van der Waals surface area contributed by atoms with Crippen molar-refractivity contribution in [3.05, 3.63) is 54.4 Å². The van der Waals surface area contributed by atoms with Gasteiger partial charge in [0.2, 0.25) is 0 Å². The molecule has 0 aliphatic rings. The first-order valence-corrected chi connectivity index (χ1v) is 11.6. The van der Waals surface area contributed by atoms with Gasteiger partial charge in [-0.15, -0.1) is 0 Å². The number of benzene rings is 1. The summed E-state index contributed by atoms with van der Waals surface area (Å²) < 4.78 is 14.0. The van der Waals surface area contributed by atoms with Gasteiger partial charge in [0.15, 0.2) is 0 Å². The Kier molecular flexibility index (Phi) is 7.01. The number of aryl methyl sites for hydroxylation is 1. The van der Waals surface area contributed by atoms with Crippen molar-refractivity contribution in [2.75, 3.05) is 10.8 Å². The molecule has 0 bridgehead atoms. The zero-order valence-corrected chi connectivity index (χ0v) is 17.6. The quantitative estimate of drug-likeness (QED) is 0.507. The van der Waals surface area contributed by atoms with Crippen LogP contribution >= 0.6 is 11.8 Å². The van der Waals surface area contributed by atoms with Crippen LogP contribution < -0.4 is 0 Å². The minimum atomic E-state index is -0.932. The summed E-state index contributed by atoms with van der Waals surface area (Å²) in [6.07, 6.45) is 5.62. The molecular weight excluding hydrogens is 388 g/mol. The van der Waals surface area contributed by atoms with Crippen LogP contribution in [0.2, 0.25) is 0 Å². The van der Waals surface area contributed by atoms with E-state index in [0.717, 1.165) is 35.2 Å². The Hall–Kier alpha value is -2.43. The number of nitrogens with zero attached hydrogens (tertiary/aromatic N) is 4. The fraction of sp³-hybridized carbons (Fsp3) is 0.286. The molecule has 3 rings (SSSR count). The van der Waals surface area contributed by atoms with Crippen molar-refractivity contribution in [3.63, 3.8) is 0 Å². The molecule has 0 saturated heterocycles. The summed E-state index contributed by atoms with van der Waals surface area (Å²) in [5, 5.41) is 15.1. The van der Waals surface area contributed by atoms with Crippen molar-refractivity contribution in [2.45, 2.75) is 24.8 Å². The molecule has 144 valence electrons. The number of thioether (sulfide) groups is 1. The Morgan fingerprint density at radius 3 is 2.68 bits per heavy atom. The molecule has 1 unspecified atom stereocenters. The van der Waals surface area contributed by atoms with E-state index in [0.29, 0.717) is 21.4 Å². The van der Waals surface area contributed by atoms with E-state index in [2.05, 4.69) is 18.1 Å². The zero-order valence-electron chi connectivity index (χ0n) is 16.0. The van der Waals surface area contributed by atoms with Gasteiger partial charge in [-0.2, -0.15) is 10.4 Å². The molecule has 0 amide bonds. The van der Waals surface area contributed by atoms with Gasteiger partial charge in [0.05, 0.1) is 22.5 Å². The minimum absolute atomic E-state index is 0.437. The van der Waals surface area contributed by atoms with Crippen molar-refractivity contribution < 1.29 is 4.21 Å². The number of hydrogen-bond acceptors (Lipinski definition) is 5. The second-order valence-corrected chi connectivity index (χ2v) is 9.28. The van der Waals surface area contributed by atoms with Crippen molar-refractivity contribution in [1.29, 1.82) is 5.26 Å². The molecule has 2 heterocycles. The van der Waals surface area contributed by atoms with E-state index < -0.39 is 10.8 Å². The third-order valence-electron chi connectivity index (χ3n) is 4.24. The third-order valence-corrected chi connectivity index (χ3v) is 7.07. The second kappa shape index (κ2) is 9.67. The van der Waals surface area contributed by atoms with E-state index in [4.69, 9.17) is 4.98 Å². The van der Waals surface area contributed by atoms with Crippen LogP contribution in [0.25, 0.3) is 22.4 Å². The van der Waals surface area contributed by atoms with Gasteiger partial charge in [-0.25, -0.2) is 4.98 Å². The topological polar surface area (TPSA) is 71.6 Å². The maximum absolute atomic E-state index is 12.3. The van der Waals surface area contributed by atoms with Crippen LogP contribution in [-0.2, 0) is 17.8 Å². The maximum Gasteiger partial charge on any atom is 0.116 e. The Morgan fingerprint density at radius 1 is 1.25 bits per heavy atom. The summed E-state index contributed by atoms with van der Waals surface area (Å²) in [5.41, 5.74) is 3.96. The molecule has 7 heteroatoms. The van der Waals surface area contributed by atoms with Crippen LogP contribution in [0.3, 0.4) is 0 Å². The first-order valence-electron chi connectivity index (χ1n) is 9.09. The van der Waals surface area contributed by atoms with Crippen LogP contribution in [0, 0.1) is 11.3 Å². The molecule has 2 aromatic heterocycles. The highest BCUT2D eigenvalue weighted by Gasteiger charge is 2.17. The molecule has 0 aliphatic carbocycles. The summed E-state index contributed by atoms with van der Waals surface area (Å²) in [4.78, 5) is 4.72. The number of unbranched alkanes of at least 4 members (excludes halogenated alkanes) is 1. The van der Waals surface area contributed by atoms with Gasteiger partial charge in [-0.05, 0) is 18.1 Å². The Labute approximate surface area is 172 Å². The maximum atomic E-state index is 12.3. The molecule has 5 nitrogen and oxygen atoms in total. The van der Waals surface area contributed by atoms with Crippen LogP contribution in [0.1, 0.15) is 25.3 Å². The van der Waals surface area contributed by atoms with E-state index in [1.54, 1.807) is 10.9 Å². The van der Waals surface area contributed by atoms with Crippen LogP contribution in [0.15, 0.2) is 53.8 Å². The molecule has 0 aliphatic heterocycles. The summed E-state index contributed by atoms with van der Waals surface area (Å²) in [6.45, 7) is 2.09. The van der Waals surface area contributed by atoms with Crippen molar-refractivity contribution in [3.8, 4) is 28.5 Å². The van der Waals surface area contributed by atoms with E-state index in [9.17, 15) is 9.47 Å². The number of nitriles is 1. The fourth-order valence-electron chi connectivity index (χ4n) is 2.77. The number of pyridine rings is 1. The van der Waals surface area contributed by atoms with E-state index >= 15 is 0 Å². The molecule has 0 radical (unpaired) electrons. The monoisotopic (exact) mass is 410 g/mol. The van der Waals surface area contributed by atoms with E-state index in [-0.39, 0.29) is 0 Å². The van der Waals surface area contributed by atoms with E-state index in [1.165, 1.54) is 11.8 Å². The smallest absolute Gasteiger partial charge is 0.116 e. The molecule has 28 heavy (non-hydrogen) atoms. The molecule has 0 spiro atoms. The molecule has 3 aromatic rings. The average molecular weight is 411 g/mol. The van der Waals surface area contributed by atoms with Gasteiger partial charge < -0.3 is 0 Å². The summed E-state index contributed by atoms with van der Waals surface area (Å²) in [7, 11) is 0.927. The van der Waals surface area contributed by atoms with Gasteiger partial charge in [-0.3, -0.25) is 8.89 Å². The Morgan fingerprint density at radius 2 is 2.04 bits per heavy atom. The minimum Gasteiger partial charge on any atom is -0.275 e. The lowest BCUT2D eigenvalue weighted by Crippen LogP contribution is -2.01. The number of rotatable bonds is 8. The fourth-order valence-corrected chi connectivity index (χ4v) is 5.28. The Bertz CT molecular complexity index is 1010. The van der Waals surface area contributed by atoms with Crippen molar-refractivity contribution in [2.24, 2.45) is 7.05 Å². The molecule has 1 atom stereocenters. The Balaban J connectivity index is 2.04. The molecule has 0 saturated carbocycles. The van der Waals surface area contributed by atoms with Crippen molar-refractivity contribution in [1.82, 2.24) is 14.8 Å². The van der Waals surface area contributed by atoms with Crippen LogP contribution in [-0.4, -0.2) is 29.8 Å². The highest BCUT2D eigenvalue weighted by Crippen LogP contribution is 2.34. The average Bonchev–Trinajstić information content (AvgIpc) is 3.16. The van der Waals surface area contributed by atoms with Crippen LogP contribution in [0.4, 0.5) is 0 Å². The van der Waals surface area contributed by atoms with Gasteiger partial charge in [0.25, 0.3) is 0 Å². The molecule has 0 N–H and O–H groups in total. The standard InChI is InChI=1S/C21H22N4OS2/c1-3-4-10-28(26)15-27-21-19(12-22)18(16-8-6-5-7-9-16)11-20(24-21)17-13-23-25(2)14-17/h5-9,11,13-14H,3-4,10,15H2,1-2H3. The summed E-state index contributed by atoms with van der Waals surface area (Å²) in [6, 6.07) is 14.1. The largest absolute Gasteiger partial charge is 0.275 e. The van der Waals surface area contributed by atoms with Gasteiger partial charge in [0, 0.05) is 40.9 Å². The zero-order chi connectivity index (χ0) is 19.9. The van der Waals surface area contributed by atoms with Gasteiger partial charge in [0.1, 0.15) is 11.1 Å². The highest BCUT2D eigenvalue weighted by atomic mass is 32.2. The first-order chi connectivity index (χ1) is 13.6. The molecule has 1 aromatic carbocycles. The molecular formula is C21H22N4OS2. The van der Waals surface area contributed by atoms with E-state index in [1.807, 2.05) is 49.6 Å². The normalized spacial score (nSPS) is 11.9. The number of aromatic nitrogens is 3.